The maximum Gasteiger partial charge on any atom is 0.131 e. The lowest BCUT2D eigenvalue weighted by molar-refractivity contribution is 0.181. The molecule has 0 spiro atoms. The van der Waals surface area contributed by atoms with Crippen molar-refractivity contribution in [3.05, 3.63) is 34.6 Å². The van der Waals surface area contributed by atoms with E-state index in [2.05, 4.69) is 20.0 Å². The van der Waals surface area contributed by atoms with E-state index in [9.17, 15) is 0 Å². The molecule has 0 bridgehead atoms. The molecule has 0 radical (unpaired) electrons. The molecular formula is C12H18ClN5O. The van der Waals surface area contributed by atoms with Gasteiger partial charge in [-0.1, -0.05) is 11.6 Å². The third-order valence-corrected chi connectivity index (χ3v) is 3.47. The minimum absolute atomic E-state index is 0.0949. The van der Waals surface area contributed by atoms with E-state index in [4.69, 9.17) is 16.7 Å². The summed E-state index contributed by atoms with van der Waals surface area (Å²) in [5, 5.41) is 14.1. The number of halogens is 1. The van der Waals surface area contributed by atoms with Crippen molar-refractivity contribution in [2.75, 3.05) is 13.2 Å². The Labute approximate surface area is 117 Å². The number of imidazole rings is 1. The normalized spacial score (nSPS) is 11.4. The Balaban J connectivity index is 2.11. The number of nitrogens with one attached hydrogen (secondary N) is 1. The van der Waals surface area contributed by atoms with E-state index in [0.29, 0.717) is 24.8 Å². The highest BCUT2D eigenvalue weighted by Crippen LogP contribution is 2.20. The number of aromatic nitrogens is 4. The van der Waals surface area contributed by atoms with Gasteiger partial charge in [0.1, 0.15) is 11.0 Å². The summed E-state index contributed by atoms with van der Waals surface area (Å²) in [7, 11) is 1.82. The SMILES string of the molecule is Cc1nn(C)c(Cl)c1CN(CCO)Cc1ncc[nH]1. The van der Waals surface area contributed by atoms with Crippen LogP contribution in [0.5, 0.6) is 0 Å². The molecule has 0 aliphatic heterocycles. The molecule has 0 aliphatic rings. The molecule has 2 N–H and O–H groups in total. The summed E-state index contributed by atoms with van der Waals surface area (Å²) in [6.07, 6.45) is 3.50. The zero-order valence-corrected chi connectivity index (χ0v) is 11.9. The number of hydrogen-bond donors (Lipinski definition) is 2. The van der Waals surface area contributed by atoms with Crippen molar-refractivity contribution in [1.82, 2.24) is 24.6 Å². The van der Waals surface area contributed by atoms with Gasteiger partial charge in [-0.25, -0.2) is 4.98 Å². The van der Waals surface area contributed by atoms with E-state index in [-0.39, 0.29) is 6.61 Å². The Hall–Kier alpha value is -1.37. The number of rotatable bonds is 6. The van der Waals surface area contributed by atoms with Gasteiger partial charge in [0.25, 0.3) is 0 Å². The molecule has 19 heavy (non-hydrogen) atoms. The summed E-state index contributed by atoms with van der Waals surface area (Å²) in [6.45, 7) is 3.87. The van der Waals surface area contributed by atoms with E-state index < -0.39 is 0 Å². The molecule has 0 saturated heterocycles. The van der Waals surface area contributed by atoms with Crippen LogP contribution in [0, 0.1) is 6.92 Å². The van der Waals surface area contributed by atoms with Crippen molar-refractivity contribution in [1.29, 1.82) is 0 Å². The van der Waals surface area contributed by atoms with Gasteiger partial charge in [-0.2, -0.15) is 5.10 Å². The van der Waals surface area contributed by atoms with Gasteiger partial charge in [0, 0.05) is 38.1 Å². The Morgan fingerprint density at radius 1 is 1.47 bits per heavy atom. The maximum absolute atomic E-state index is 9.16. The zero-order valence-electron chi connectivity index (χ0n) is 11.1. The lowest BCUT2D eigenvalue weighted by Gasteiger charge is -2.20. The second kappa shape index (κ2) is 6.18. The third-order valence-electron chi connectivity index (χ3n) is 3.00. The molecule has 0 aliphatic carbocycles. The third kappa shape index (κ3) is 3.34. The Bertz CT molecular complexity index is 522. The van der Waals surface area contributed by atoms with Crippen LogP contribution in [-0.4, -0.2) is 42.9 Å². The molecule has 0 unspecified atom stereocenters. The smallest absolute Gasteiger partial charge is 0.131 e. The van der Waals surface area contributed by atoms with E-state index in [1.807, 2.05) is 14.0 Å². The van der Waals surface area contributed by atoms with Crippen LogP contribution >= 0.6 is 11.6 Å². The molecule has 2 rings (SSSR count). The minimum Gasteiger partial charge on any atom is -0.395 e. The van der Waals surface area contributed by atoms with Gasteiger partial charge < -0.3 is 10.1 Å². The van der Waals surface area contributed by atoms with Crippen LogP contribution < -0.4 is 0 Å². The summed E-state index contributed by atoms with van der Waals surface area (Å²) < 4.78 is 1.66. The van der Waals surface area contributed by atoms with Gasteiger partial charge in [0.05, 0.1) is 18.8 Å². The van der Waals surface area contributed by atoms with E-state index in [1.165, 1.54) is 0 Å². The minimum atomic E-state index is 0.0949. The van der Waals surface area contributed by atoms with Gasteiger partial charge in [0.2, 0.25) is 0 Å². The summed E-state index contributed by atoms with van der Waals surface area (Å²) in [5.41, 5.74) is 1.90. The first-order valence-electron chi connectivity index (χ1n) is 6.11. The van der Waals surface area contributed by atoms with Gasteiger partial charge in [-0.15, -0.1) is 0 Å². The second-order valence-corrected chi connectivity index (χ2v) is 4.81. The Morgan fingerprint density at radius 2 is 2.26 bits per heavy atom. The van der Waals surface area contributed by atoms with Gasteiger partial charge in [0.15, 0.2) is 0 Å². The molecule has 6 nitrogen and oxygen atoms in total. The Kier molecular flexibility index (Phi) is 4.57. The van der Waals surface area contributed by atoms with E-state index >= 15 is 0 Å². The first-order valence-corrected chi connectivity index (χ1v) is 6.49. The molecule has 2 aromatic heterocycles. The molecule has 0 fully saturated rings. The van der Waals surface area contributed by atoms with Crippen LogP contribution in [0.2, 0.25) is 5.15 Å². The molecular weight excluding hydrogens is 266 g/mol. The molecule has 104 valence electrons. The monoisotopic (exact) mass is 283 g/mol. The zero-order chi connectivity index (χ0) is 13.8. The van der Waals surface area contributed by atoms with Gasteiger partial charge in [-0.3, -0.25) is 9.58 Å². The van der Waals surface area contributed by atoms with Crippen molar-refractivity contribution in [3.63, 3.8) is 0 Å². The lowest BCUT2D eigenvalue weighted by atomic mass is 10.2. The van der Waals surface area contributed by atoms with E-state index in [1.54, 1.807) is 17.1 Å². The molecule has 0 saturated carbocycles. The summed E-state index contributed by atoms with van der Waals surface area (Å²) in [6, 6.07) is 0. The second-order valence-electron chi connectivity index (χ2n) is 4.45. The van der Waals surface area contributed by atoms with Crippen molar-refractivity contribution in [3.8, 4) is 0 Å². The van der Waals surface area contributed by atoms with Crippen molar-refractivity contribution < 1.29 is 5.11 Å². The summed E-state index contributed by atoms with van der Waals surface area (Å²) in [4.78, 5) is 9.33. The molecule has 0 aromatic carbocycles. The van der Waals surface area contributed by atoms with Crippen LogP contribution in [-0.2, 0) is 20.1 Å². The largest absolute Gasteiger partial charge is 0.395 e. The standard InChI is InChI=1S/C12H18ClN5O/c1-9-10(12(13)17(2)16-9)7-18(5-6-19)8-11-14-3-4-15-11/h3-4,19H,5-8H2,1-2H3,(H,14,15). The maximum atomic E-state index is 9.16. The molecule has 2 aromatic rings. The highest BCUT2D eigenvalue weighted by atomic mass is 35.5. The number of aromatic amines is 1. The Morgan fingerprint density at radius 3 is 2.79 bits per heavy atom. The van der Waals surface area contributed by atoms with Gasteiger partial charge >= 0.3 is 0 Å². The van der Waals surface area contributed by atoms with Crippen LogP contribution in [0.15, 0.2) is 12.4 Å². The van der Waals surface area contributed by atoms with Crippen LogP contribution in [0.1, 0.15) is 17.1 Å². The quantitative estimate of drug-likeness (QED) is 0.833. The fourth-order valence-electron chi connectivity index (χ4n) is 2.03. The lowest BCUT2D eigenvalue weighted by Crippen LogP contribution is -2.27. The number of aryl methyl sites for hydroxylation is 2. The number of nitrogens with zero attached hydrogens (tertiary/aromatic N) is 4. The van der Waals surface area contributed by atoms with Crippen LogP contribution in [0.3, 0.4) is 0 Å². The molecule has 7 heteroatoms. The number of hydrogen-bond acceptors (Lipinski definition) is 4. The average Bonchev–Trinajstić information content (AvgIpc) is 2.94. The molecule has 2 heterocycles. The highest BCUT2D eigenvalue weighted by molar-refractivity contribution is 6.30. The van der Waals surface area contributed by atoms with Crippen molar-refractivity contribution >= 4 is 11.6 Å². The fraction of sp³-hybridized carbons (Fsp3) is 0.500. The summed E-state index contributed by atoms with van der Waals surface area (Å²) >= 11 is 6.23. The average molecular weight is 284 g/mol. The molecule has 0 amide bonds. The molecule has 0 atom stereocenters. The fourth-order valence-corrected chi connectivity index (χ4v) is 2.26. The first-order chi connectivity index (χ1) is 9.11. The van der Waals surface area contributed by atoms with Crippen LogP contribution in [0.25, 0.3) is 0 Å². The van der Waals surface area contributed by atoms with E-state index in [0.717, 1.165) is 17.1 Å². The number of H-pyrrole nitrogens is 1. The number of aliphatic hydroxyl groups is 1. The number of aliphatic hydroxyl groups excluding tert-OH is 1. The summed E-state index contributed by atoms with van der Waals surface area (Å²) in [5.74, 6) is 0.867. The van der Waals surface area contributed by atoms with Gasteiger partial charge in [-0.05, 0) is 6.92 Å². The van der Waals surface area contributed by atoms with Crippen LogP contribution in [0.4, 0.5) is 0 Å². The first kappa shape index (κ1) is 14.0. The topological polar surface area (TPSA) is 70.0 Å². The predicted octanol–water partition coefficient (Wildman–Crippen LogP) is 1.10. The van der Waals surface area contributed by atoms with Crippen molar-refractivity contribution in [2.45, 2.75) is 20.0 Å². The van der Waals surface area contributed by atoms with Crippen molar-refractivity contribution in [2.24, 2.45) is 7.05 Å². The predicted molar refractivity (Wildman–Crippen MR) is 72.7 cm³/mol. The highest BCUT2D eigenvalue weighted by Gasteiger charge is 2.16.